The molecule has 8 rings (SSSR count). The number of carbonyl (C=O) groups is 6. The Kier molecular flexibility index (Phi) is 17.0. The van der Waals surface area contributed by atoms with E-state index >= 15 is 0 Å². The molecule has 2 saturated heterocycles. The average Bonchev–Trinajstić information content (AvgIpc) is 4.09. The number of amides is 6. The topological polar surface area (TPSA) is 193 Å². The molecule has 2 saturated carbocycles. The predicted molar refractivity (Wildman–Crippen MR) is 267 cm³/mol. The van der Waals surface area contributed by atoms with Crippen LogP contribution in [0.15, 0.2) is 36.4 Å². The summed E-state index contributed by atoms with van der Waals surface area (Å²) in [4.78, 5) is 87.0. The van der Waals surface area contributed by atoms with Gasteiger partial charge in [0.15, 0.2) is 0 Å². The van der Waals surface area contributed by atoms with Gasteiger partial charge in [0.05, 0.1) is 24.2 Å². The molecule has 69 heavy (non-hydrogen) atoms. The first-order valence-corrected chi connectivity index (χ1v) is 26.6. The highest BCUT2D eigenvalue weighted by Crippen LogP contribution is 2.40. The summed E-state index contributed by atoms with van der Waals surface area (Å²) in [5.74, 6) is -0.853. The maximum atomic E-state index is 14.4. The van der Waals surface area contributed by atoms with E-state index in [0.29, 0.717) is 25.9 Å². The fraction of sp³-hybridized carbons (Fsp3) is 0.667. The number of fused-ring (bicyclic) bond motifs is 2. The van der Waals surface area contributed by atoms with Crippen LogP contribution in [-0.4, -0.2) is 109 Å². The van der Waals surface area contributed by atoms with Crippen LogP contribution >= 0.6 is 0 Å². The van der Waals surface area contributed by atoms with E-state index in [-0.39, 0.29) is 59.4 Å². The minimum atomic E-state index is -0.646. The number of likely N-dealkylation sites (tertiary alicyclic amines) is 2. The third kappa shape index (κ3) is 11.5. The molecule has 15 heteroatoms. The Labute approximate surface area is 409 Å². The van der Waals surface area contributed by atoms with Crippen molar-refractivity contribution in [3.05, 3.63) is 58.7 Å². The molecule has 376 valence electrons. The van der Waals surface area contributed by atoms with Gasteiger partial charge in [-0.15, -0.1) is 0 Å². The van der Waals surface area contributed by atoms with Gasteiger partial charge in [0.1, 0.15) is 24.2 Å². The number of nitrogens with one attached hydrogen (secondary N) is 7. The van der Waals surface area contributed by atoms with Crippen LogP contribution in [0, 0.1) is 11.8 Å². The standard InChI is InChI=1S/C54H79N9O6/c1-33(55-3)49(64)60-47(35-17-7-5-8-18-35)53(68)62-31-15-29-45(62)51(66)58-43-27-13-21-37-39(43)23-11-25-41(37)57-42-26-12-24-40-38(42)22-14-28-44(40)59-52(67)46-30-16-32-63(46)54(69)48(36-19-9-6-10-20-36)61-50(65)34(2)56-4/h11-12,23-26,33-36,43-48,55-57H,5-10,13-22,27-32H2,1-4H3,(H,58,66)(H,59,67)(H,60,64)(H,61,65)/t33?,34?,43-,44-,45+,46+,47?,48?/m1/s1. The first kappa shape index (κ1) is 50.4. The quantitative estimate of drug-likeness (QED) is 0.110. The minimum Gasteiger partial charge on any atom is -0.355 e. The number of anilines is 2. The van der Waals surface area contributed by atoms with Crippen molar-refractivity contribution in [2.24, 2.45) is 11.8 Å². The van der Waals surface area contributed by atoms with E-state index < -0.39 is 36.3 Å². The third-order valence-corrected chi connectivity index (χ3v) is 16.6. The van der Waals surface area contributed by atoms with Crippen LogP contribution in [0.5, 0.6) is 0 Å². The Hall–Kier alpha value is -5.02. The van der Waals surface area contributed by atoms with Crippen molar-refractivity contribution in [2.75, 3.05) is 32.5 Å². The number of carbonyl (C=O) groups excluding carboxylic acids is 6. The lowest BCUT2D eigenvalue weighted by Crippen LogP contribution is -2.58. The van der Waals surface area contributed by atoms with Gasteiger partial charge in [-0.05, 0) is 164 Å². The summed E-state index contributed by atoms with van der Waals surface area (Å²) >= 11 is 0. The van der Waals surface area contributed by atoms with Crippen LogP contribution in [0.4, 0.5) is 11.4 Å². The molecule has 0 aromatic heterocycles. The SMILES string of the molecule is CNC(C)C(=O)NC(C(=O)N1CCC[C@H]1C(=O)N[C@@H]1CCCc2c(Nc3cccc4c3CCC[C@H]4NC(=O)[C@@H]3CCCN3C(=O)C(NC(=O)C(C)NC)C3CCCCC3)cccc21)C1CCCCC1. The fourth-order valence-electron chi connectivity index (χ4n) is 12.4. The van der Waals surface area contributed by atoms with E-state index in [4.69, 9.17) is 0 Å². The lowest BCUT2D eigenvalue weighted by atomic mass is 9.83. The van der Waals surface area contributed by atoms with Crippen LogP contribution in [-0.2, 0) is 41.6 Å². The summed E-state index contributed by atoms with van der Waals surface area (Å²) in [6.45, 7) is 4.57. The lowest BCUT2D eigenvalue weighted by Gasteiger charge is -2.36. The molecule has 4 unspecified atom stereocenters. The van der Waals surface area contributed by atoms with Crippen LogP contribution in [0.2, 0.25) is 0 Å². The molecule has 6 aliphatic rings. The molecule has 2 heterocycles. The second-order valence-electron chi connectivity index (χ2n) is 20.9. The Morgan fingerprint density at radius 2 is 0.913 bits per heavy atom. The highest BCUT2D eigenvalue weighted by Gasteiger charge is 2.44. The second kappa shape index (κ2) is 23.3. The number of hydrogen-bond acceptors (Lipinski definition) is 9. The Morgan fingerprint density at radius 3 is 1.30 bits per heavy atom. The van der Waals surface area contributed by atoms with Crippen molar-refractivity contribution in [3.8, 4) is 0 Å². The molecule has 7 N–H and O–H groups in total. The number of likely N-dealkylation sites (N-methyl/N-ethyl adjacent to an activating group) is 2. The van der Waals surface area contributed by atoms with E-state index in [9.17, 15) is 28.8 Å². The van der Waals surface area contributed by atoms with Crippen molar-refractivity contribution in [3.63, 3.8) is 0 Å². The van der Waals surface area contributed by atoms with Crippen molar-refractivity contribution < 1.29 is 28.8 Å². The monoisotopic (exact) mass is 950 g/mol. The number of hydrogen-bond donors (Lipinski definition) is 7. The van der Waals surface area contributed by atoms with E-state index in [1.807, 2.05) is 12.1 Å². The summed E-state index contributed by atoms with van der Waals surface area (Å²) in [6.07, 6.45) is 17.7. The van der Waals surface area contributed by atoms with Crippen molar-refractivity contribution in [1.29, 1.82) is 0 Å². The second-order valence-corrected chi connectivity index (χ2v) is 20.9. The zero-order valence-electron chi connectivity index (χ0n) is 41.6. The van der Waals surface area contributed by atoms with Gasteiger partial charge in [-0.25, -0.2) is 0 Å². The molecule has 4 aliphatic carbocycles. The van der Waals surface area contributed by atoms with Gasteiger partial charge in [-0.1, -0.05) is 62.8 Å². The van der Waals surface area contributed by atoms with Gasteiger partial charge in [0.2, 0.25) is 35.4 Å². The molecule has 4 fully saturated rings. The Bertz CT molecular complexity index is 2020. The summed E-state index contributed by atoms with van der Waals surface area (Å²) in [6, 6.07) is 8.76. The van der Waals surface area contributed by atoms with Gasteiger partial charge in [-0.2, -0.15) is 0 Å². The third-order valence-electron chi connectivity index (χ3n) is 16.6. The zero-order chi connectivity index (χ0) is 48.6. The normalized spacial score (nSPS) is 24.8. The van der Waals surface area contributed by atoms with Gasteiger partial charge >= 0.3 is 0 Å². The predicted octanol–water partition coefficient (Wildman–Crippen LogP) is 5.75. The molecule has 0 radical (unpaired) electrons. The van der Waals surface area contributed by atoms with Gasteiger partial charge < -0.3 is 47.0 Å². The smallest absolute Gasteiger partial charge is 0.246 e. The largest absolute Gasteiger partial charge is 0.355 e. The molecular weight excluding hydrogens is 871 g/mol. The Morgan fingerprint density at radius 1 is 0.507 bits per heavy atom. The summed E-state index contributed by atoms with van der Waals surface area (Å²) in [5.41, 5.74) is 6.48. The van der Waals surface area contributed by atoms with E-state index in [2.05, 4.69) is 61.5 Å². The molecule has 2 aromatic rings. The molecular formula is C54H79N9O6. The fourth-order valence-corrected chi connectivity index (χ4v) is 12.4. The van der Waals surface area contributed by atoms with Gasteiger partial charge in [0.25, 0.3) is 0 Å². The van der Waals surface area contributed by atoms with Gasteiger partial charge in [-0.3, -0.25) is 28.8 Å². The summed E-state index contributed by atoms with van der Waals surface area (Å²) in [7, 11) is 3.47. The Balaban J connectivity index is 0.939. The van der Waals surface area contributed by atoms with Crippen molar-refractivity contribution in [1.82, 2.24) is 41.7 Å². The van der Waals surface area contributed by atoms with Crippen LogP contribution < -0.4 is 37.2 Å². The van der Waals surface area contributed by atoms with Gasteiger partial charge in [0, 0.05) is 24.5 Å². The molecule has 2 aromatic carbocycles. The van der Waals surface area contributed by atoms with E-state index in [1.165, 1.54) is 11.1 Å². The number of nitrogens with zero attached hydrogens (tertiary/aromatic N) is 2. The first-order chi connectivity index (χ1) is 33.5. The van der Waals surface area contributed by atoms with Crippen LogP contribution in [0.1, 0.15) is 164 Å². The average molecular weight is 950 g/mol. The zero-order valence-corrected chi connectivity index (χ0v) is 41.6. The maximum absolute atomic E-state index is 14.4. The van der Waals surface area contributed by atoms with Crippen LogP contribution in [0.25, 0.3) is 0 Å². The number of benzene rings is 2. The van der Waals surface area contributed by atoms with E-state index in [0.717, 1.165) is 138 Å². The van der Waals surface area contributed by atoms with E-state index in [1.54, 1.807) is 37.7 Å². The molecule has 0 spiro atoms. The lowest BCUT2D eigenvalue weighted by molar-refractivity contribution is -0.143. The van der Waals surface area contributed by atoms with Crippen molar-refractivity contribution in [2.45, 2.75) is 191 Å². The first-order valence-electron chi connectivity index (χ1n) is 26.6. The molecule has 6 amide bonds. The summed E-state index contributed by atoms with van der Waals surface area (Å²) in [5, 5.41) is 22.7. The van der Waals surface area contributed by atoms with Crippen molar-refractivity contribution >= 4 is 46.8 Å². The maximum Gasteiger partial charge on any atom is 0.246 e. The highest BCUT2D eigenvalue weighted by molar-refractivity contribution is 5.95. The minimum absolute atomic E-state index is 0.0542. The highest BCUT2D eigenvalue weighted by atomic mass is 16.2. The number of rotatable bonds is 16. The molecule has 0 bridgehead atoms. The molecule has 15 nitrogen and oxygen atoms in total. The molecule has 8 atom stereocenters. The molecule has 2 aliphatic heterocycles. The summed E-state index contributed by atoms with van der Waals surface area (Å²) < 4.78 is 0. The van der Waals surface area contributed by atoms with Crippen LogP contribution in [0.3, 0.4) is 0 Å².